The molecule has 0 aliphatic heterocycles. The molecule has 0 atom stereocenters. The van der Waals surface area contributed by atoms with Gasteiger partial charge in [-0.3, -0.25) is 0 Å². The molecule has 1 aromatic rings. The lowest BCUT2D eigenvalue weighted by Crippen LogP contribution is -2.14. The van der Waals surface area contributed by atoms with E-state index in [-0.39, 0.29) is 0 Å². The van der Waals surface area contributed by atoms with Gasteiger partial charge in [0, 0.05) is 17.2 Å². The van der Waals surface area contributed by atoms with Crippen LogP contribution in [-0.4, -0.2) is 31.3 Å². The van der Waals surface area contributed by atoms with E-state index in [4.69, 9.17) is 5.26 Å². The molecule has 0 spiro atoms. The summed E-state index contributed by atoms with van der Waals surface area (Å²) in [6.45, 7) is 1.06. The summed E-state index contributed by atoms with van der Waals surface area (Å²) < 4.78 is 0. The van der Waals surface area contributed by atoms with Crippen LogP contribution < -0.4 is 0 Å². The van der Waals surface area contributed by atoms with Gasteiger partial charge >= 0.3 is 0 Å². The first-order valence-corrected chi connectivity index (χ1v) is 5.48. The highest BCUT2D eigenvalue weighted by Crippen LogP contribution is 2.18. The molecule has 0 radical (unpaired) electrons. The molecule has 0 fully saturated rings. The molecule has 0 N–H and O–H groups in total. The molecule has 0 aromatic heterocycles. The molecule has 2 nitrogen and oxygen atoms in total. The summed E-state index contributed by atoms with van der Waals surface area (Å²) in [5, 5.41) is 8.71. The Balaban J connectivity index is 2.47. The Morgan fingerprint density at radius 1 is 1.43 bits per heavy atom. The second-order valence-corrected chi connectivity index (χ2v) is 4.46. The Morgan fingerprint density at radius 3 is 2.86 bits per heavy atom. The predicted molar refractivity (Wildman–Crippen MR) is 60.4 cm³/mol. The minimum absolute atomic E-state index is 0.736. The molecule has 0 aliphatic carbocycles. The number of benzene rings is 1. The summed E-state index contributed by atoms with van der Waals surface area (Å²) in [5.41, 5.74) is 0.736. The van der Waals surface area contributed by atoms with Crippen molar-refractivity contribution < 1.29 is 0 Å². The third kappa shape index (κ3) is 3.82. The first-order valence-electron chi connectivity index (χ1n) is 4.50. The van der Waals surface area contributed by atoms with Gasteiger partial charge in [0.05, 0.1) is 11.6 Å². The highest BCUT2D eigenvalue weighted by Gasteiger charge is 1.96. The molecular formula is C11H14N2S. The van der Waals surface area contributed by atoms with E-state index in [1.807, 2.05) is 24.3 Å². The summed E-state index contributed by atoms with van der Waals surface area (Å²) in [4.78, 5) is 3.33. The topological polar surface area (TPSA) is 27.0 Å². The maximum atomic E-state index is 8.71. The first kappa shape index (κ1) is 11.1. The number of nitrogens with zero attached hydrogens (tertiary/aromatic N) is 2. The van der Waals surface area contributed by atoms with Crippen LogP contribution in [0.25, 0.3) is 0 Å². The average molecular weight is 206 g/mol. The van der Waals surface area contributed by atoms with Crippen LogP contribution in [0.3, 0.4) is 0 Å². The van der Waals surface area contributed by atoms with E-state index in [2.05, 4.69) is 25.1 Å². The average Bonchev–Trinajstić information content (AvgIpc) is 2.18. The molecule has 0 unspecified atom stereocenters. The Hall–Kier alpha value is -0.980. The number of hydrogen-bond acceptors (Lipinski definition) is 3. The molecule has 0 amide bonds. The molecule has 3 heteroatoms. The van der Waals surface area contributed by atoms with Gasteiger partial charge in [-0.25, -0.2) is 0 Å². The van der Waals surface area contributed by atoms with Gasteiger partial charge in [-0.15, -0.1) is 11.8 Å². The van der Waals surface area contributed by atoms with Crippen LogP contribution >= 0.6 is 11.8 Å². The lowest BCUT2D eigenvalue weighted by atomic mass is 10.2. The minimum atomic E-state index is 0.736. The zero-order chi connectivity index (χ0) is 10.4. The van der Waals surface area contributed by atoms with E-state index < -0.39 is 0 Å². The van der Waals surface area contributed by atoms with Gasteiger partial charge in [0.25, 0.3) is 0 Å². The largest absolute Gasteiger partial charge is 0.309 e. The third-order valence-corrected chi connectivity index (χ3v) is 2.74. The fourth-order valence-electron chi connectivity index (χ4n) is 1.00. The van der Waals surface area contributed by atoms with Crippen LogP contribution in [0, 0.1) is 11.3 Å². The fraction of sp³-hybridized carbons (Fsp3) is 0.364. The standard InChI is InChI=1S/C11H14N2S/c1-13(2)6-7-14-11-5-3-4-10(8-11)9-12/h3-5,8H,6-7H2,1-2H3. The normalized spacial score (nSPS) is 10.1. The second kappa shape index (κ2) is 5.69. The zero-order valence-corrected chi connectivity index (χ0v) is 9.34. The van der Waals surface area contributed by atoms with E-state index in [0.29, 0.717) is 0 Å². The van der Waals surface area contributed by atoms with Crippen molar-refractivity contribution in [2.45, 2.75) is 4.90 Å². The van der Waals surface area contributed by atoms with Gasteiger partial charge in [-0.05, 0) is 32.3 Å². The minimum Gasteiger partial charge on any atom is -0.309 e. The van der Waals surface area contributed by atoms with E-state index >= 15 is 0 Å². The lowest BCUT2D eigenvalue weighted by Gasteiger charge is -2.08. The van der Waals surface area contributed by atoms with Gasteiger partial charge in [0.2, 0.25) is 0 Å². The van der Waals surface area contributed by atoms with Gasteiger partial charge in [-0.2, -0.15) is 5.26 Å². The number of rotatable bonds is 4. The quantitative estimate of drug-likeness (QED) is 0.707. The molecule has 1 rings (SSSR count). The van der Waals surface area contributed by atoms with Crippen LogP contribution in [0.5, 0.6) is 0 Å². The van der Waals surface area contributed by atoms with E-state index in [0.717, 1.165) is 17.9 Å². The Labute approximate surface area is 89.5 Å². The van der Waals surface area contributed by atoms with Crippen LogP contribution in [0.4, 0.5) is 0 Å². The van der Waals surface area contributed by atoms with E-state index in [1.165, 1.54) is 4.90 Å². The van der Waals surface area contributed by atoms with Crippen molar-refractivity contribution in [3.63, 3.8) is 0 Å². The molecule has 1 aromatic carbocycles. The summed E-state index contributed by atoms with van der Waals surface area (Å²) >= 11 is 1.79. The van der Waals surface area contributed by atoms with Crippen molar-refractivity contribution in [3.05, 3.63) is 29.8 Å². The Kier molecular flexibility index (Phi) is 4.51. The predicted octanol–water partition coefficient (Wildman–Crippen LogP) is 2.21. The zero-order valence-electron chi connectivity index (χ0n) is 8.53. The highest BCUT2D eigenvalue weighted by atomic mass is 32.2. The Bertz CT molecular complexity index is 328. The van der Waals surface area contributed by atoms with Crippen LogP contribution in [0.1, 0.15) is 5.56 Å². The van der Waals surface area contributed by atoms with Crippen LogP contribution in [-0.2, 0) is 0 Å². The number of thioether (sulfide) groups is 1. The smallest absolute Gasteiger partial charge is 0.0992 e. The summed E-state index contributed by atoms with van der Waals surface area (Å²) in [7, 11) is 4.12. The number of hydrogen-bond donors (Lipinski definition) is 0. The molecule has 0 saturated carbocycles. The molecule has 0 saturated heterocycles. The van der Waals surface area contributed by atoms with Crippen molar-refractivity contribution in [1.82, 2.24) is 4.90 Å². The van der Waals surface area contributed by atoms with Gasteiger partial charge in [0.15, 0.2) is 0 Å². The van der Waals surface area contributed by atoms with Gasteiger partial charge in [-0.1, -0.05) is 6.07 Å². The van der Waals surface area contributed by atoms with E-state index in [9.17, 15) is 0 Å². The lowest BCUT2D eigenvalue weighted by molar-refractivity contribution is 0.437. The van der Waals surface area contributed by atoms with Crippen molar-refractivity contribution in [2.75, 3.05) is 26.4 Å². The molecule has 0 aliphatic rings. The third-order valence-electron chi connectivity index (χ3n) is 1.77. The van der Waals surface area contributed by atoms with E-state index in [1.54, 1.807) is 11.8 Å². The Morgan fingerprint density at radius 2 is 2.21 bits per heavy atom. The summed E-state index contributed by atoms with van der Waals surface area (Å²) in [6.07, 6.45) is 0. The van der Waals surface area contributed by atoms with Crippen molar-refractivity contribution in [1.29, 1.82) is 5.26 Å². The molecule has 0 bridgehead atoms. The SMILES string of the molecule is CN(C)CCSc1cccc(C#N)c1. The molecular weight excluding hydrogens is 192 g/mol. The molecule has 14 heavy (non-hydrogen) atoms. The fourth-order valence-corrected chi connectivity index (χ4v) is 2.08. The number of nitriles is 1. The molecule has 74 valence electrons. The van der Waals surface area contributed by atoms with Gasteiger partial charge in [0.1, 0.15) is 0 Å². The van der Waals surface area contributed by atoms with Crippen molar-refractivity contribution in [2.24, 2.45) is 0 Å². The van der Waals surface area contributed by atoms with Crippen LogP contribution in [0.15, 0.2) is 29.2 Å². The maximum absolute atomic E-state index is 8.71. The molecule has 0 heterocycles. The monoisotopic (exact) mass is 206 g/mol. The highest BCUT2D eigenvalue weighted by molar-refractivity contribution is 7.99. The van der Waals surface area contributed by atoms with Crippen LogP contribution in [0.2, 0.25) is 0 Å². The van der Waals surface area contributed by atoms with Crippen molar-refractivity contribution in [3.8, 4) is 6.07 Å². The summed E-state index contributed by atoms with van der Waals surface area (Å²) in [6, 6.07) is 9.87. The summed E-state index contributed by atoms with van der Waals surface area (Å²) in [5.74, 6) is 1.06. The van der Waals surface area contributed by atoms with Gasteiger partial charge < -0.3 is 4.90 Å². The van der Waals surface area contributed by atoms with Crippen molar-refractivity contribution >= 4 is 11.8 Å². The second-order valence-electron chi connectivity index (χ2n) is 3.29. The maximum Gasteiger partial charge on any atom is 0.0992 e. The first-order chi connectivity index (χ1) is 6.72.